The summed E-state index contributed by atoms with van der Waals surface area (Å²) in [6.45, 7) is 8.94. The molecule has 11 heteroatoms. The first-order valence-electron chi connectivity index (χ1n) is 14.0. The number of nitrogens with one attached hydrogen (secondary N) is 2. The first-order chi connectivity index (χ1) is 20.1. The quantitative estimate of drug-likeness (QED) is 0.255. The molecule has 2 aromatic heterocycles. The van der Waals surface area contributed by atoms with Crippen molar-refractivity contribution in [3.05, 3.63) is 83.4 Å². The van der Waals surface area contributed by atoms with E-state index in [-0.39, 0.29) is 30.5 Å². The van der Waals surface area contributed by atoms with E-state index in [1.165, 1.54) is 18.2 Å². The van der Waals surface area contributed by atoms with Gasteiger partial charge in [-0.15, -0.1) is 0 Å². The predicted molar refractivity (Wildman–Crippen MR) is 159 cm³/mol. The van der Waals surface area contributed by atoms with Crippen LogP contribution in [0.4, 0.5) is 21.0 Å². The monoisotopic (exact) mass is 573 g/mol. The third kappa shape index (κ3) is 6.68. The first-order valence-corrected chi connectivity index (χ1v) is 14.0. The summed E-state index contributed by atoms with van der Waals surface area (Å²) in [5.41, 5.74) is 2.96. The Bertz CT molecular complexity index is 1550. The van der Waals surface area contributed by atoms with Gasteiger partial charge in [0.1, 0.15) is 17.4 Å². The molecule has 0 aliphatic carbocycles. The van der Waals surface area contributed by atoms with Crippen LogP contribution in [-0.4, -0.2) is 50.1 Å². The minimum Gasteiger partial charge on any atom is -0.439 e. The number of halogens is 1. The smallest absolute Gasteiger partial charge is 0.320 e. The number of benzene rings is 2. The summed E-state index contributed by atoms with van der Waals surface area (Å²) < 4.78 is 22.0. The zero-order valence-corrected chi connectivity index (χ0v) is 24.3. The van der Waals surface area contributed by atoms with Crippen LogP contribution in [0.1, 0.15) is 50.4 Å². The average molecular weight is 574 g/mol. The zero-order chi connectivity index (χ0) is 29.9. The summed E-state index contributed by atoms with van der Waals surface area (Å²) in [7, 11) is 0. The summed E-state index contributed by atoms with van der Waals surface area (Å²) in [6.07, 6.45) is 3.39. The van der Waals surface area contributed by atoms with E-state index < -0.39 is 11.8 Å². The van der Waals surface area contributed by atoms with Gasteiger partial charge in [-0.2, -0.15) is 10.1 Å². The number of hydrogen-bond acceptors (Lipinski definition) is 7. The predicted octanol–water partition coefficient (Wildman–Crippen LogP) is 5.48. The highest BCUT2D eigenvalue weighted by molar-refractivity contribution is 5.88. The molecule has 3 N–H and O–H groups in total. The largest absolute Gasteiger partial charge is 0.439 e. The van der Waals surface area contributed by atoms with Crippen molar-refractivity contribution in [2.24, 2.45) is 0 Å². The Balaban J connectivity index is 1.31. The lowest BCUT2D eigenvalue weighted by molar-refractivity contribution is 0.251. The van der Waals surface area contributed by atoms with Crippen LogP contribution in [0.25, 0.3) is 5.69 Å². The highest BCUT2D eigenvalue weighted by atomic mass is 19.1. The fraction of sp³-hybridized carbons (Fsp3) is 0.355. The number of carbonyl (C=O) groups is 1. The molecule has 1 aliphatic heterocycles. The van der Waals surface area contributed by atoms with Crippen LogP contribution < -0.4 is 20.3 Å². The molecule has 0 radical (unpaired) electrons. The second-order valence-corrected chi connectivity index (χ2v) is 11.4. The van der Waals surface area contributed by atoms with E-state index in [1.807, 2.05) is 42.2 Å². The first kappa shape index (κ1) is 29.0. The van der Waals surface area contributed by atoms with Crippen LogP contribution in [0.2, 0.25) is 0 Å². The SMILES string of the molecule is Cc1ccc(-n2nc(C(C)(C)C)cc2NC(=O)NCc2cc(F)ccc2Oc2ccnc(N3CCC[C@@H]3CO)n2)cc1. The van der Waals surface area contributed by atoms with Crippen molar-refractivity contribution < 1.29 is 19.0 Å². The Morgan fingerprint density at radius 3 is 2.67 bits per heavy atom. The van der Waals surface area contributed by atoms with Crippen molar-refractivity contribution in [2.75, 3.05) is 23.4 Å². The molecule has 1 fully saturated rings. The Morgan fingerprint density at radius 2 is 1.93 bits per heavy atom. The lowest BCUT2D eigenvalue weighted by Crippen LogP contribution is -2.33. The lowest BCUT2D eigenvalue weighted by atomic mass is 9.92. The van der Waals surface area contributed by atoms with Gasteiger partial charge in [0.25, 0.3) is 0 Å². The summed E-state index contributed by atoms with van der Waals surface area (Å²) >= 11 is 0. The van der Waals surface area contributed by atoms with Gasteiger partial charge in [-0.3, -0.25) is 5.32 Å². The van der Waals surface area contributed by atoms with Gasteiger partial charge in [-0.05, 0) is 50.1 Å². The number of amides is 2. The molecule has 0 spiro atoms. The van der Waals surface area contributed by atoms with Crippen molar-refractivity contribution in [3.63, 3.8) is 0 Å². The summed E-state index contributed by atoms with van der Waals surface area (Å²) in [5, 5.41) is 20.1. The Hall–Kier alpha value is -4.51. The molecule has 1 atom stereocenters. The maximum atomic E-state index is 14.2. The van der Waals surface area contributed by atoms with E-state index in [4.69, 9.17) is 9.84 Å². The summed E-state index contributed by atoms with van der Waals surface area (Å²) in [6, 6.07) is 14.9. The fourth-order valence-corrected chi connectivity index (χ4v) is 4.77. The van der Waals surface area contributed by atoms with Crippen molar-refractivity contribution in [2.45, 2.75) is 58.5 Å². The highest BCUT2D eigenvalue weighted by Crippen LogP contribution is 2.29. The van der Waals surface area contributed by atoms with Crippen LogP contribution in [0, 0.1) is 12.7 Å². The van der Waals surface area contributed by atoms with Gasteiger partial charge in [-0.1, -0.05) is 38.5 Å². The van der Waals surface area contributed by atoms with Crippen LogP contribution in [-0.2, 0) is 12.0 Å². The number of rotatable bonds is 8. The van der Waals surface area contributed by atoms with Crippen LogP contribution in [0.3, 0.4) is 0 Å². The fourth-order valence-electron chi connectivity index (χ4n) is 4.77. The Morgan fingerprint density at radius 1 is 1.14 bits per heavy atom. The number of ether oxygens (including phenoxy) is 1. The van der Waals surface area contributed by atoms with Gasteiger partial charge in [0.2, 0.25) is 11.8 Å². The normalized spacial score (nSPS) is 15.1. The molecular weight excluding hydrogens is 537 g/mol. The second-order valence-electron chi connectivity index (χ2n) is 11.4. The number of aromatic nitrogens is 4. The summed E-state index contributed by atoms with van der Waals surface area (Å²) in [4.78, 5) is 23.8. The van der Waals surface area contributed by atoms with Gasteiger partial charge < -0.3 is 20.1 Å². The van der Waals surface area contributed by atoms with E-state index in [0.29, 0.717) is 23.1 Å². The molecule has 10 nitrogen and oxygen atoms in total. The number of aryl methyl sites for hydroxylation is 1. The number of aliphatic hydroxyl groups excluding tert-OH is 1. The summed E-state index contributed by atoms with van der Waals surface area (Å²) in [5.74, 6) is 1.13. The number of anilines is 2. The van der Waals surface area contributed by atoms with Crippen molar-refractivity contribution in [1.29, 1.82) is 0 Å². The molecule has 0 saturated carbocycles. The molecule has 220 valence electrons. The van der Waals surface area contributed by atoms with Crippen molar-refractivity contribution >= 4 is 17.8 Å². The highest BCUT2D eigenvalue weighted by Gasteiger charge is 2.26. The van der Waals surface area contributed by atoms with Crippen molar-refractivity contribution in [3.8, 4) is 17.3 Å². The van der Waals surface area contributed by atoms with E-state index in [1.54, 1.807) is 16.9 Å². The van der Waals surface area contributed by atoms with E-state index in [0.717, 1.165) is 36.3 Å². The molecule has 2 amide bonds. The number of hydrogen-bond donors (Lipinski definition) is 3. The maximum absolute atomic E-state index is 14.2. The van der Waals surface area contributed by atoms with E-state index in [2.05, 4.69) is 41.4 Å². The molecule has 3 heterocycles. The number of aliphatic hydroxyl groups is 1. The van der Waals surface area contributed by atoms with Crippen molar-refractivity contribution in [1.82, 2.24) is 25.1 Å². The average Bonchev–Trinajstić information content (AvgIpc) is 3.61. The van der Waals surface area contributed by atoms with Crippen LogP contribution >= 0.6 is 0 Å². The minimum atomic E-state index is -0.479. The number of carbonyl (C=O) groups excluding carboxylic acids is 1. The molecule has 4 aromatic rings. The molecule has 2 aromatic carbocycles. The third-order valence-corrected chi connectivity index (χ3v) is 7.14. The standard InChI is InChI=1S/C31H36FN7O3/c1-20-7-10-23(11-8-20)39-27(17-26(37-39)31(2,3)4)35-30(41)34-18-21-16-22(32)9-12-25(21)42-28-13-14-33-29(36-28)38-15-5-6-24(38)19-40/h7-14,16-17,24,40H,5-6,15,18-19H2,1-4H3,(H2,34,35,41)/t24-/m1/s1. The number of urea groups is 1. The van der Waals surface area contributed by atoms with Gasteiger partial charge in [0, 0.05) is 42.4 Å². The zero-order valence-electron chi connectivity index (χ0n) is 24.3. The van der Waals surface area contributed by atoms with Gasteiger partial charge in [0.05, 0.1) is 24.0 Å². The topological polar surface area (TPSA) is 117 Å². The second kappa shape index (κ2) is 12.2. The molecule has 0 unspecified atom stereocenters. The minimum absolute atomic E-state index is 0.000373. The molecule has 42 heavy (non-hydrogen) atoms. The van der Waals surface area contributed by atoms with Gasteiger partial charge >= 0.3 is 6.03 Å². The van der Waals surface area contributed by atoms with Gasteiger partial charge in [0.15, 0.2) is 0 Å². The van der Waals surface area contributed by atoms with E-state index >= 15 is 0 Å². The van der Waals surface area contributed by atoms with Crippen LogP contribution in [0.5, 0.6) is 11.6 Å². The lowest BCUT2D eigenvalue weighted by Gasteiger charge is -2.23. The molecule has 1 aliphatic rings. The molecule has 0 bridgehead atoms. The van der Waals surface area contributed by atoms with Gasteiger partial charge in [-0.25, -0.2) is 18.9 Å². The number of nitrogens with zero attached hydrogens (tertiary/aromatic N) is 5. The Kier molecular flexibility index (Phi) is 8.39. The third-order valence-electron chi connectivity index (χ3n) is 7.14. The van der Waals surface area contributed by atoms with E-state index in [9.17, 15) is 14.3 Å². The van der Waals surface area contributed by atoms with Crippen LogP contribution in [0.15, 0.2) is 60.8 Å². The molecular formula is C31H36FN7O3. The maximum Gasteiger partial charge on any atom is 0.320 e. The Labute approximate surface area is 244 Å². The molecule has 1 saturated heterocycles. The molecule has 5 rings (SSSR count).